The van der Waals surface area contributed by atoms with E-state index in [4.69, 9.17) is 10.4 Å². The molecule has 20 heavy (non-hydrogen) atoms. The molecule has 2 rings (SSSR count). The van der Waals surface area contributed by atoms with Crippen LogP contribution in [0.4, 0.5) is 0 Å². The average molecular weight is 284 g/mol. The minimum absolute atomic E-state index is 0. The quantitative estimate of drug-likeness (QED) is 0.565. The molecule has 0 saturated carbocycles. The summed E-state index contributed by atoms with van der Waals surface area (Å²) in [6.45, 7) is 0. The molecule has 0 fully saturated rings. The topological polar surface area (TPSA) is 85.8 Å². The Morgan fingerprint density at radius 3 is 2.55 bits per heavy atom. The summed E-state index contributed by atoms with van der Waals surface area (Å²) >= 11 is 0. The van der Waals surface area contributed by atoms with Crippen LogP contribution < -0.4 is 31.3 Å². The molecule has 0 aliphatic carbocycles. The van der Waals surface area contributed by atoms with Gasteiger partial charge < -0.3 is 17.5 Å². The Kier molecular flexibility index (Phi) is 7.87. The predicted molar refractivity (Wildman–Crippen MR) is 66.8 cm³/mol. The van der Waals surface area contributed by atoms with E-state index < -0.39 is 5.97 Å². The summed E-state index contributed by atoms with van der Waals surface area (Å²) < 4.78 is 0. The van der Waals surface area contributed by atoms with E-state index in [1.54, 1.807) is 18.3 Å². The Hall–Kier alpha value is -1.59. The second-order valence-electron chi connectivity index (χ2n) is 3.97. The monoisotopic (exact) mass is 283 g/mol. The molecule has 98 valence electrons. The molecule has 1 aliphatic rings. The summed E-state index contributed by atoms with van der Waals surface area (Å²) in [5, 5.41) is 17.3. The van der Waals surface area contributed by atoms with Gasteiger partial charge in [0.2, 0.25) is 0 Å². The van der Waals surface area contributed by atoms with Gasteiger partial charge in [-0.15, -0.1) is 0 Å². The normalized spacial score (nSPS) is 15.6. The molecule has 0 aromatic heterocycles. The fourth-order valence-electron chi connectivity index (χ4n) is 1.68. The fourth-order valence-corrected chi connectivity index (χ4v) is 1.68. The minimum Gasteiger partial charge on any atom is -1.00 e. The minimum atomic E-state index is -0.880. The molecule has 1 aromatic rings. The number of aliphatic imine (C=N–C) groups is 2. The smallest absolute Gasteiger partial charge is 1.00 e. The van der Waals surface area contributed by atoms with E-state index in [0.717, 1.165) is 5.56 Å². The molecule has 0 bridgehead atoms. The molecule has 5 nitrogen and oxygen atoms in total. The van der Waals surface area contributed by atoms with Crippen LogP contribution in [-0.4, -0.2) is 29.2 Å². The zero-order valence-electron chi connectivity index (χ0n) is 11.0. The van der Waals surface area contributed by atoms with Crippen molar-refractivity contribution in [2.75, 3.05) is 0 Å². The first-order valence-electron chi connectivity index (χ1n) is 5.49. The van der Waals surface area contributed by atoms with Gasteiger partial charge >= 0.3 is 24.8 Å². The zero-order chi connectivity index (χ0) is 13.0. The Morgan fingerprint density at radius 1 is 1.35 bits per heavy atom. The largest absolute Gasteiger partial charge is 1.00 e. The van der Waals surface area contributed by atoms with Crippen LogP contribution in [0.15, 0.2) is 34.3 Å². The van der Waals surface area contributed by atoms with E-state index in [2.05, 4.69) is 16.1 Å². The van der Waals surface area contributed by atoms with E-state index in [1.807, 2.05) is 12.1 Å². The summed E-state index contributed by atoms with van der Waals surface area (Å²) in [6, 6.07) is 8.88. The summed E-state index contributed by atoms with van der Waals surface area (Å²) in [7, 11) is 0. The van der Waals surface area contributed by atoms with Crippen LogP contribution in [0.3, 0.4) is 0 Å². The number of aliphatic carboxylic acids is 1. The van der Waals surface area contributed by atoms with Crippen LogP contribution in [0.1, 0.15) is 17.5 Å². The van der Waals surface area contributed by atoms with Gasteiger partial charge in [0.25, 0.3) is 0 Å². The van der Waals surface area contributed by atoms with Gasteiger partial charge in [0.1, 0.15) is 5.84 Å². The molecule has 1 unspecified atom stereocenters. The first-order valence-corrected chi connectivity index (χ1v) is 5.49. The molecule has 0 spiro atoms. The number of hydrogen-bond acceptors (Lipinski definition) is 4. The second-order valence-corrected chi connectivity index (χ2v) is 3.97. The summed E-state index contributed by atoms with van der Waals surface area (Å²) in [5.74, 6) is -0.249. The number of carboxylic acid groups (broad SMARTS) is 1. The summed E-state index contributed by atoms with van der Waals surface area (Å²) in [6.07, 6.45) is 2.09. The van der Waals surface area contributed by atoms with Gasteiger partial charge in [0.05, 0.1) is 24.1 Å². The molecule has 1 atom stereocenters. The van der Waals surface area contributed by atoms with Gasteiger partial charge in [-0.3, -0.25) is 9.79 Å². The molecule has 0 radical (unpaired) electrons. The Balaban J connectivity index is 0.00000180. The standard InChI is InChI=1S/C13H11N3O2.ClH.Li/c14-7-10-3-1-9(2-4-10)5-12-15-8-11(16-12)6-13(17)18;;/h1-4,8,11H,5-6H2,(H,17,18);1H;/q;;+1/p-1. The molecule has 7 heteroatoms. The van der Waals surface area contributed by atoms with Crippen molar-refractivity contribution in [3.05, 3.63) is 35.4 Å². The maximum Gasteiger partial charge on any atom is 1.00 e. The van der Waals surface area contributed by atoms with E-state index in [1.165, 1.54) is 0 Å². The summed E-state index contributed by atoms with van der Waals surface area (Å²) in [5.41, 5.74) is 1.61. The van der Waals surface area contributed by atoms with Crippen molar-refractivity contribution in [1.29, 1.82) is 5.26 Å². The SMILES string of the molecule is N#Cc1ccc(CC2=NC(CC(=O)O)C=N2)cc1.[Cl-].[Li+]. The maximum absolute atomic E-state index is 10.5. The van der Waals surface area contributed by atoms with Crippen LogP contribution in [0.25, 0.3) is 0 Å². The fraction of sp³-hybridized carbons (Fsp3) is 0.231. The molecular weight excluding hydrogens is 273 g/mol. The Bertz CT molecular complexity index is 564. The Morgan fingerprint density at radius 2 is 2.00 bits per heavy atom. The van der Waals surface area contributed by atoms with Gasteiger partial charge in [0.15, 0.2) is 0 Å². The number of carboxylic acids is 1. The average Bonchev–Trinajstić information content (AvgIpc) is 2.76. The molecule has 1 aromatic carbocycles. The van der Waals surface area contributed by atoms with Crippen LogP contribution >= 0.6 is 0 Å². The van der Waals surface area contributed by atoms with Crippen molar-refractivity contribution in [3.63, 3.8) is 0 Å². The van der Waals surface area contributed by atoms with E-state index >= 15 is 0 Å². The van der Waals surface area contributed by atoms with Crippen molar-refractivity contribution in [3.8, 4) is 6.07 Å². The van der Waals surface area contributed by atoms with Crippen molar-refractivity contribution < 1.29 is 41.2 Å². The number of nitrogens with zero attached hydrogens (tertiary/aromatic N) is 3. The summed E-state index contributed by atoms with van der Waals surface area (Å²) in [4.78, 5) is 18.8. The van der Waals surface area contributed by atoms with Crippen molar-refractivity contribution in [2.24, 2.45) is 9.98 Å². The van der Waals surface area contributed by atoms with Crippen molar-refractivity contribution in [1.82, 2.24) is 0 Å². The van der Waals surface area contributed by atoms with Crippen molar-refractivity contribution in [2.45, 2.75) is 18.9 Å². The third kappa shape index (κ3) is 5.19. The number of nitriles is 1. The zero-order valence-corrected chi connectivity index (χ0v) is 11.7. The molecule has 1 heterocycles. The third-order valence-electron chi connectivity index (χ3n) is 2.54. The predicted octanol–water partition coefficient (Wildman–Crippen LogP) is -4.57. The first kappa shape index (κ1) is 18.4. The number of amidine groups is 1. The molecule has 0 saturated heterocycles. The number of rotatable bonds is 4. The first-order chi connectivity index (χ1) is 8.67. The number of benzene rings is 1. The molecule has 1 N–H and O–H groups in total. The molecular formula is C13H11ClLiN3O2. The Labute approximate surface area is 135 Å². The third-order valence-corrected chi connectivity index (χ3v) is 2.54. The van der Waals surface area contributed by atoms with Crippen LogP contribution in [-0.2, 0) is 11.2 Å². The number of halogens is 1. The van der Waals surface area contributed by atoms with Crippen LogP contribution in [0.5, 0.6) is 0 Å². The number of hydrogen-bond donors (Lipinski definition) is 1. The van der Waals surface area contributed by atoms with Crippen LogP contribution in [0, 0.1) is 11.3 Å². The number of carbonyl (C=O) groups is 1. The van der Waals surface area contributed by atoms with E-state index in [-0.39, 0.29) is 43.7 Å². The van der Waals surface area contributed by atoms with Gasteiger partial charge in [0, 0.05) is 12.6 Å². The van der Waals surface area contributed by atoms with E-state index in [0.29, 0.717) is 17.8 Å². The van der Waals surface area contributed by atoms with E-state index in [9.17, 15) is 4.79 Å². The van der Waals surface area contributed by atoms with Gasteiger partial charge in [-0.05, 0) is 17.7 Å². The second kappa shape index (κ2) is 8.55. The van der Waals surface area contributed by atoms with Gasteiger partial charge in [-0.1, -0.05) is 12.1 Å². The van der Waals surface area contributed by atoms with Crippen LogP contribution in [0.2, 0.25) is 0 Å². The molecule has 0 amide bonds. The molecule has 1 aliphatic heterocycles. The van der Waals surface area contributed by atoms with Gasteiger partial charge in [-0.25, -0.2) is 4.99 Å². The van der Waals surface area contributed by atoms with Gasteiger partial charge in [-0.2, -0.15) is 5.26 Å². The van der Waals surface area contributed by atoms with Crippen molar-refractivity contribution >= 4 is 18.0 Å². The maximum atomic E-state index is 10.5.